The second-order valence-corrected chi connectivity index (χ2v) is 37.0. The van der Waals surface area contributed by atoms with Gasteiger partial charge in [0, 0.05) is 0 Å². The maximum absolute atomic E-state index is 13.1. The fraction of sp³-hybridized carbons (Fsp3) is 0.594. The van der Waals surface area contributed by atoms with Crippen molar-refractivity contribution >= 4 is 30.0 Å². The number of carbonyl (C=O) groups excluding carboxylic acids is 6. The summed E-state index contributed by atoms with van der Waals surface area (Å²) in [5, 5.41) is 28.2. The van der Waals surface area contributed by atoms with Gasteiger partial charge in [-0.15, -0.1) is 0 Å². The topological polar surface area (TPSA) is 209 Å². The Balaban J connectivity index is 0.000000160. The van der Waals surface area contributed by atoms with E-state index in [1.807, 2.05) is 49.4 Å². The number of methoxy groups -OCH3 is 2. The normalized spacial score (nSPS) is 26.4. The number of hydrogen-bond donors (Lipinski definition) is 3. The predicted molar refractivity (Wildman–Crippen MR) is 456 cm³/mol. The van der Waals surface area contributed by atoms with Crippen molar-refractivity contribution in [2.75, 3.05) is 14.2 Å². The molecule has 6 atom stereocenters. The highest BCUT2D eigenvalue weighted by Crippen LogP contribution is 2.63. The molecule has 3 N–H and O–H groups in total. The smallest absolute Gasteiger partial charge is 0.373 e. The Kier molecular flexibility index (Phi) is 32.2. The fourth-order valence-corrected chi connectivity index (χ4v) is 21.5. The molecule has 0 aromatic heterocycles. The van der Waals surface area contributed by atoms with Gasteiger partial charge in [-0.3, -0.25) is 14.4 Å². The molecule has 115 heavy (non-hydrogen) atoms. The number of phenolic OH excluding ortho intramolecular Hbond substituents is 3. The third-order valence-corrected chi connectivity index (χ3v) is 28.6. The van der Waals surface area contributed by atoms with Gasteiger partial charge in [-0.1, -0.05) is 144 Å². The quantitative estimate of drug-likeness (QED) is 0.0480. The maximum atomic E-state index is 13.1. The van der Waals surface area contributed by atoms with E-state index in [1.54, 1.807) is 25.3 Å². The van der Waals surface area contributed by atoms with Gasteiger partial charge >= 0.3 is 30.0 Å². The van der Waals surface area contributed by atoms with Gasteiger partial charge in [0.05, 0.1) is 30.5 Å². The van der Waals surface area contributed by atoms with E-state index in [2.05, 4.69) is 151 Å². The van der Waals surface area contributed by atoms with Crippen molar-refractivity contribution in [3.05, 3.63) is 170 Å². The predicted octanol–water partition coefficient (Wildman–Crippen LogP) is 25.1. The van der Waals surface area contributed by atoms with Gasteiger partial charge in [-0.2, -0.15) is 9.59 Å². The molecule has 12 aliphatic rings. The van der Waals surface area contributed by atoms with Gasteiger partial charge in [-0.25, -0.2) is 4.79 Å². The van der Waals surface area contributed by atoms with Gasteiger partial charge < -0.3 is 39.0 Å². The van der Waals surface area contributed by atoms with E-state index in [-0.39, 0.29) is 57.4 Å². The molecule has 0 saturated heterocycles. The number of carbonyl (C=O) groups is 4. The molecule has 0 amide bonds. The minimum Gasteiger partial charge on any atom is -0.508 e. The zero-order chi connectivity index (χ0) is 83.8. The van der Waals surface area contributed by atoms with Crippen molar-refractivity contribution in [2.24, 2.45) is 69.5 Å². The van der Waals surface area contributed by atoms with Crippen LogP contribution in [0.3, 0.4) is 0 Å². The van der Waals surface area contributed by atoms with E-state index in [9.17, 15) is 34.5 Å². The number of aryl methyl sites for hydroxylation is 4. The summed E-state index contributed by atoms with van der Waals surface area (Å²) < 4.78 is 27.5. The highest BCUT2D eigenvalue weighted by Gasteiger charge is 2.58. The molecule has 12 aliphatic carbocycles. The lowest BCUT2D eigenvalue weighted by Crippen LogP contribution is -2.51. The summed E-state index contributed by atoms with van der Waals surface area (Å²) >= 11 is 0. The van der Waals surface area contributed by atoms with Gasteiger partial charge in [0.2, 0.25) is 0 Å². The van der Waals surface area contributed by atoms with E-state index in [1.165, 1.54) is 98.8 Å². The van der Waals surface area contributed by atoms with E-state index in [0.29, 0.717) is 47.0 Å². The van der Waals surface area contributed by atoms with Crippen molar-refractivity contribution < 1.29 is 67.8 Å². The monoisotopic (exact) mass is 1580 g/mol. The van der Waals surface area contributed by atoms with Crippen molar-refractivity contribution in [1.29, 1.82) is 0 Å². The molecule has 0 spiro atoms. The molecule has 14 nitrogen and oxygen atoms in total. The summed E-state index contributed by atoms with van der Waals surface area (Å²) in [6.45, 7) is 34.3. The lowest BCUT2D eigenvalue weighted by molar-refractivity contribution is -0.191. The largest absolute Gasteiger partial charge is 0.508 e. The van der Waals surface area contributed by atoms with Gasteiger partial charge in [-0.05, 0) is 375 Å². The second kappa shape index (κ2) is 40.8. The molecule has 12 fully saturated rings. The minimum atomic E-state index is -0.502. The van der Waals surface area contributed by atoms with Gasteiger partial charge in [0.25, 0.3) is 0 Å². The molecule has 6 aromatic rings. The van der Waals surface area contributed by atoms with E-state index in [4.69, 9.17) is 28.5 Å². The van der Waals surface area contributed by atoms with Crippen molar-refractivity contribution in [1.82, 2.24) is 0 Å². The maximum Gasteiger partial charge on any atom is 0.373 e. The third kappa shape index (κ3) is 22.5. The molecule has 626 valence electrons. The number of ether oxygens (including phenoxy) is 5. The molecule has 14 heteroatoms. The number of esters is 4. The molecule has 6 aromatic carbocycles. The van der Waals surface area contributed by atoms with Crippen LogP contribution in [0.1, 0.15) is 339 Å². The summed E-state index contributed by atoms with van der Waals surface area (Å²) in [5.41, 5.74) is 11.5. The first kappa shape index (κ1) is 90.7. The van der Waals surface area contributed by atoms with Crippen LogP contribution in [0.15, 0.2) is 109 Å². The second-order valence-electron chi connectivity index (χ2n) is 37.0. The van der Waals surface area contributed by atoms with Crippen LogP contribution in [-0.4, -0.2) is 59.6 Å². The SMILES string of the molecule is CCC(C)c1ccc(O)c(C(=O)OC)c1.CCC(C)c1ccc(O)c(C)c1.CCC(C)c1ccc(O)c(OC)c1.CCC(C)c1ccc(OC(=O)C23CC4CC(CC(C4)C2)C3)c(C)c1.CCC(C)c1ccc(OC(=O)C23CC4CC(CC(C4)C2)C3)c(C)c1.CCC(C)c1ccc(OC(=O)C23CC4CC(CC(C4)C2)C3)c(C)c1.O=C=O. The molecule has 18 rings (SSSR count). The first-order valence-corrected chi connectivity index (χ1v) is 43.9. The number of hydrogen-bond acceptors (Lipinski definition) is 14. The standard InChI is InChI=1S/3C22H30O2.C12H16O3.C11H16O2.C11H16O.CO2/c3*1-4-14(2)19-5-6-20(15(3)7-19)24-21(23)22-11-16-8-17(12-22)10-18(9-16)13-22;1-4-8(2)9-5-6-11(13)10(7-9)12(14)15-3;1-4-8(2)9-5-6-10(12)11(7-9)13-3;1-4-8(2)10-5-6-11(12)9(3)7-10;2-1-3/h3*5-7,14,16-18H,4,8-13H2,1-3H3;5-8,13H,4H2,1-3H3;5-8,12H,4H2,1-3H3;5-8,12H,4H2,1-3H3;. The molecule has 12 bridgehead atoms. The number of rotatable bonds is 20. The molecular formula is C101H138O14. The molecule has 6 unspecified atom stereocenters. The van der Waals surface area contributed by atoms with Crippen LogP contribution in [0.25, 0.3) is 0 Å². The average Bonchev–Trinajstić information content (AvgIpc) is 0.750. The molecule has 0 aliphatic heterocycles. The van der Waals surface area contributed by atoms with Crippen LogP contribution in [-0.2, 0) is 28.7 Å². The van der Waals surface area contributed by atoms with Crippen LogP contribution in [0.4, 0.5) is 0 Å². The summed E-state index contributed by atoms with van der Waals surface area (Å²) in [7, 11) is 2.87. The highest BCUT2D eigenvalue weighted by atomic mass is 16.5. The Morgan fingerprint density at radius 3 is 0.800 bits per heavy atom. The minimum absolute atomic E-state index is 0.0334. The zero-order valence-corrected chi connectivity index (χ0v) is 72.9. The molecule has 0 heterocycles. The first-order valence-electron chi connectivity index (χ1n) is 43.9. The lowest BCUT2D eigenvalue weighted by atomic mass is 9.49. The van der Waals surface area contributed by atoms with Crippen molar-refractivity contribution in [3.63, 3.8) is 0 Å². The van der Waals surface area contributed by atoms with Crippen LogP contribution in [0.5, 0.6) is 40.2 Å². The average molecular weight is 1580 g/mol. The Bertz CT molecular complexity index is 3910. The zero-order valence-electron chi connectivity index (χ0n) is 72.9. The Morgan fingerprint density at radius 1 is 0.339 bits per heavy atom. The third-order valence-electron chi connectivity index (χ3n) is 28.6. The highest BCUT2D eigenvalue weighted by molar-refractivity contribution is 5.92. The Labute approximate surface area is 688 Å². The van der Waals surface area contributed by atoms with E-state index >= 15 is 0 Å². The molecular weight excluding hydrogens is 1440 g/mol. The van der Waals surface area contributed by atoms with Crippen molar-refractivity contribution in [3.8, 4) is 40.2 Å². The lowest BCUT2D eigenvalue weighted by Gasteiger charge is -2.55. The summed E-state index contributed by atoms with van der Waals surface area (Å²) in [6.07, 6.45) is 28.7. The summed E-state index contributed by atoms with van der Waals surface area (Å²) in [6, 6.07) is 35.4. The first-order chi connectivity index (χ1) is 54.8. The van der Waals surface area contributed by atoms with Crippen LogP contribution in [0.2, 0.25) is 0 Å². The number of phenols is 3. The summed E-state index contributed by atoms with van der Waals surface area (Å²) in [5.74, 6) is 13.2. The Morgan fingerprint density at radius 2 is 0.565 bits per heavy atom. The van der Waals surface area contributed by atoms with Crippen molar-refractivity contribution in [2.45, 2.75) is 300 Å². The van der Waals surface area contributed by atoms with Crippen LogP contribution >= 0.6 is 0 Å². The van der Waals surface area contributed by atoms with Gasteiger partial charge in [0.1, 0.15) is 34.3 Å². The molecule has 0 radical (unpaired) electrons. The van der Waals surface area contributed by atoms with E-state index in [0.717, 1.165) is 195 Å². The Hall–Kier alpha value is -8.22. The fourth-order valence-electron chi connectivity index (χ4n) is 21.5. The van der Waals surface area contributed by atoms with E-state index < -0.39 is 5.97 Å². The number of benzene rings is 6. The van der Waals surface area contributed by atoms with Gasteiger partial charge in [0.15, 0.2) is 11.5 Å². The molecule has 12 saturated carbocycles. The van der Waals surface area contributed by atoms with Crippen LogP contribution < -0.4 is 18.9 Å². The number of aromatic hydroxyl groups is 3. The van der Waals surface area contributed by atoms with Crippen LogP contribution in [0, 0.1) is 97.2 Å². The summed E-state index contributed by atoms with van der Waals surface area (Å²) in [4.78, 5) is 66.8.